The highest BCUT2D eigenvalue weighted by Gasteiger charge is 2.32. The quantitative estimate of drug-likeness (QED) is 0.0336. The Morgan fingerprint density at radius 2 is 1.70 bits per heavy atom. The second kappa shape index (κ2) is 25.4. The average molecular weight is 880 g/mol. The predicted octanol–water partition coefficient (Wildman–Crippen LogP) is 0.110. The van der Waals surface area contributed by atoms with Crippen molar-refractivity contribution in [1.29, 1.82) is 0 Å². The fourth-order valence-corrected chi connectivity index (χ4v) is 7.49. The molecule has 60 heavy (non-hydrogen) atoms. The molecule has 330 valence electrons. The number of hydrogen-bond acceptors (Lipinski definition) is 15. The van der Waals surface area contributed by atoms with E-state index in [9.17, 15) is 43.8 Å². The van der Waals surface area contributed by atoms with E-state index in [1.165, 1.54) is 30.2 Å². The van der Waals surface area contributed by atoms with Crippen molar-refractivity contribution in [3.05, 3.63) is 23.2 Å². The molecule has 5 amide bonds. The number of methoxy groups -OCH3 is 1. The van der Waals surface area contributed by atoms with E-state index in [1.54, 1.807) is 39.0 Å². The summed E-state index contributed by atoms with van der Waals surface area (Å²) in [5.41, 5.74) is 6.65. The first-order valence-electron chi connectivity index (χ1n) is 19.1. The first-order valence-corrected chi connectivity index (χ1v) is 20.9. The fourth-order valence-electron chi connectivity index (χ4n) is 5.39. The van der Waals surface area contributed by atoms with Gasteiger partial charge in [-0.3, -0.25) is 38.8 Å². The monoisotopic (exact) mass is 879 g/mol. The summed E-state index contributed by atoms with van der Waals surface area (Å²) in [4.78, 5) is 102. The second-order valence-electron chi connectivity index (χ2n) is 13.5. The maximum atomic E-state index is 13.5. The normalized spacial score (nSPS) is 15.9. The SMILES string of the molecule is CC[C@H](C)[C@H](NC(=O)COCCOCCOC)C(=O)N[C@@H](CC(=O)O)C(=O)NCC(=O)N[C@@H](CCCN=C(C)N)C(=O)Nc1ccc2nc(C3=N[C@@H](C(=O)O)CS3)sc2c1. The third kappa shape index (κ3) is 16.8. The first kappa shape index (κ1) is 49.1. The molecule has 1 aliphatic heterocycles. The van der Waals surface area contributed by atoms with Gasteiger partial charge in [0.05, 0.1) is 55.4 Å². The number of carboxylic acids is 2. The van der Waals surface area contributed by atoms with Gasteiger partial charge >= 0.3 is 11.9 Å². The number of ether oxygens (including phenoxy) is 3. The molecular formula is C37H53N9O12S2. The number of nitrogens with zero attached hydrogens (tertiary/aromatic N) is 3. The molecule has 0 radical (unpaired) electrons. The van der Waals surface area contributed by atoms with Crippen LogP contribution >= 0.6 is 23.1 Å². The highest BCUT2D eigenvalue weighted by atomic mass is 32.2. The molecule has 3 rings (SSSR count). The van der Waals surface area contributed by atoms with Gasteiger partial charge in [0, 0.05) is 25.1 Å². The van der Waals surface area contributed by atoms with E-state index >= 15 is 0 Å². The summed E-state index contributed by atoms with van der Waals surface area (Å²) in [5.74, 6) is -5.99. The van der Waals surface area contributed by atoms with Gasteiger partial charge in [-0.1, -0.05) is 20.3 Å². The van der Waals surface area contributed by atoms with Crippen molar-refractivity contribution >= 4 is 91.4 Å². The lowest BCUT2D eigenvalue weighted by molar-refractivity contribution is -0.141. The number of aliphatic carboxylic acids is 2. The average Bonchev–Trinajstić information content (AvgIpc) is 3.87. The lowest BCUT2D eigenvalue weighted by Gasteiger charge is -2.26. The Bertz CT molecular complexity index is 1890. The maximum Gasteiger partial charge on any atom is 0.329 e. The third-order valence-electron chi connectivity index (χ3n) is 8.72. The summed E-state index contributed by atoms with van der Waals surface area (Å²) in [6, 6.07) is 0.284. The Labute approximate surface area is 354 Å². The van der Waals surface area contributed by atoms with Crippen molar-refractivity contribution in [2.75, 3.05) is 64.3 Å². The van der Waals surface area contributed by atoms with Gasteiger partial charge in [-0.2, -0.15) is 0 Å². The van der Waals surface area contributed by atoms with Crippen molar-refractivity contribution < 1.29 is 58.0 Å². The Morgan fingerprint density at radius 1 is 0.967 bits per heavy atom. The number of carboxylic acid groups (broad SMARTS) is 2. The van der Waals surface area contributed by atoms with Crippen LogP contribution in [0, 0.1) is 5.92 Å². The molecule has 23 heteroatoms. The van der Waals surface area contributed by atoms with Crippen LogP contribution in [0.1, 0.15) is 51.5 Å². The smallest absolute Gasteiger partial charge is 0.329 e. The van der Waals surface area contributed by atoms with Gasteiger partial charge in [-0.25, -0.2) is 9.78 Å². The number of benzene rings is 1. The van der Waals surface area contributed by atoms with Crippen molar-refractivity contribution in [3.63, 3.8) is 0 Å². The summed E-state index contributed by atoms with van der Waals surface area (Å²) >= 11 is 2.58. The molecule has 0 unspecified atom stereocenters. The van der Waals surface area contributed by atoms with Crippen LogP contribution in [-0.4, -0.2) is 151 Å². The van der Waals surface area contributed by atoms with Crippen molar-refractivity contribution in [1.82, 2.24) is 26.3 Å². The van der Waals surface area contributed by atoms with Crippen LogP contribution in [0.2, 0.25) is 0 Å². The zero-order valence-electron chi connectivity index (χ0n) is 33.8. The Balaban J connectivity index is 1.63. The number of anilines is 1. The standard InChI is InChI=1S/C37H53N9O12S2/c1-5-20(2)31(46-29(48)18-58-14-13-57-12-11-56-4)34(53)43-25(16-30(49)50)32(51)40-17-28(47)42-24(7-6-10-39-21(3)38)33(52)41-22-8-9-23-27(15-22)60-36(44-23)35-45-26(19-59-35)37(54)55/h8-9,15,20,24-26,31H,5-7,10-14,16-19H2,1-4H3,(H2,38,39)(H,40,51)(H,41,52)(H,42,47)(H,43,53)(H,46,48)(H,49,50)(H,54,55)/t20-,24-,25-,26+,31-/m0/s1. The largest absolute Gasteiger partial charge is 0.481 e. The minimum Gasteiger partial charge on any atom is -0.481 e. The van der Waals surface area contributed by atoms with E-state index in [4.69, 9.17) is 19.9 Å². The number of aliphatic imine (C=N–C) groups is 2. The second-order valence-corrected chi connectivity index (χ2v) is 15.6. The molecule has 21 nitrogen and oxygen atoms in total. The highest BCUT2D eigenvalue weighted by Crippen LogP contribution is 2.31. The van der Waals surface area contributed by atoms with E-state index in [1.807, 2.05) is 0 Å². The fraction of sp³-hybridized carbons (Fsp3) is 0.568. The number of aromatic nitrogens is 1. The molecule has 0 fully saturated rings. The Kier molecular flexibility index (Phi) is 20.8. The van der Waals surface area contributed by atoms with Gasteiger partial charge < -0.3 is 56.7 Å². The summed E-state index contributed by atoms with van der Waals surface area (Å²) in [5, 5.41) is 32.5. The number of thioether (sulfide) groups is 1. The van der Waals surface area contributed by atoms with Crippen LogP contribution in [0.15, 0.2) is 28.2 Å². The summed E-state index contributed by atoms with van der Waals surface area (Å²) in [6.07, 6.45) is 0.0938. The number of rotatable bonds is 27. The lowest BCUT2D eigenvalue weighted by atomic mass is 9.97. The number of hydrogen-bond donors (Lipinski definition) is 8. The maximum absolute atomic E-state index is 13.5. The number of carbonyl (C=O) groups excluding carboxylic acids is 5. The number of thiazole rings is 1. The minimum absolute atomic E-state index is 0.112. The Hall–Kier alpha value is -5.23. The van der Waals surface area contributed by atoms with Gasteiger partial charge in [0.1, 0.15) is 34.8 Å². The van der Waals surface area contributed by atoms with Crippen molar-refractivity contribution in [3.8, 4) is 0 Å². The summed E-state index contributed by atoms with van der Waals surface area (Å²) in [7, 11) is 1.54. The van der Waals surface area contributed by atoms with E-state index in [0.717, 1.165) is 0 Å². The van der Waals surface area contributed by atoms with Gasteiger partial charge in [0.15, 0.2) is 6.04 Å². The lowest BCUT2D eigenvalue weighted by Crippen LogP contribution is -2.57. The molecule has 0 bridgehead atoms. The number of nitrogens with two attached hydrogens (primary N) is 1. The topological polar surface area (TPSA) is 311 Å². The van der Waals surface area contributed by atoms with Crippen LogP contribution in [0.4, 0.5) is 5.69 Å². The van der Waals surface area contributed by atoms with E-state index < -0.39 is 84.5 Å². The van der Waals surface area contributed by atoms with E-state index in [0.29, 0.717) is 63.6 Å². The number of nitrogens with one attached hydrogen (secondary N) is 5. The van der Waals surface area contributed by atoms with Crippen LogP contribution in [-0.2, 0) is 47.8 Å². The zero-order valence-corrected chi connectivity index (χ0v) is 35.4. The van der Waals surface area contributed by atoms with Crippen LogP contribution in [0.25, 0.3) is 10.2 Å². The van der Waals surface area contributed by atoms with Gasteiger partial charge in [0.2, 0.25) is 29.5 Å². The molecule has 1 aliphatic rings. The third-order valence-corrected chi connectivity index (χ3v) is 10.9. The van der Waals surface area contributed by atoms with Crippen molar-refractivity contribution in [2.45, 2.75) is 70.6 Å². The van der Waals surface area contributed by atoms with Crippen LogP contribution < -0.4 is 32.3 Å². The molecule has 2 aromatic rings. The molecule has 1 aromatic heterocycles. The minimum atomic E-state index is -1.62. The Morgan fingerprint density at radius 3 is 2.37 bits per heavy atom. The molecule has 0 saturated heterocycles. The number of carbonyl (C=O) groups is 7. The number of amides is 5. The molecule has 0 saturated carbocycles. The molecule has 5 atom stereocenters. The number of amidine groups is 1. The van der Waals surface area contributed by atoms with Crippen LogP contribution in [0.5, 0.6) is 0 Å². The van der Waals surface area contributed by atoms with Gasteiger partial charge in [0.25, 0.3) is 0 Å². The van der Waals surface area contributed by atoms with Gasteiger partial charge in [-0.05, 0) is 43.9 Å². The van der Waals surface area contributed by atoms with Crippen molar-refractivity contribution in [2.24, 2.45) is 21.6 Å². The molecule has 9 N–H and O–H groups in total. The van der Waals surface area contributed by atoms with E-state index in [2.05, 4.69) is 41.6 Å². The molecule has 0 aliphatic carbocycles. The van der Waals surface area contributed by atoms with E-state index in [-0.39, 0.29) is 32.8 Å². The number of fused-ring (bicyclic) bond motifs is 1. The highest BCUT2D eigenvalue weighted by molar-refractivity contribution is 8.15. The summed E-state index contributed by atoms with van der Waals surface area (Å²) < 4.78 is 16.2. The molecule has 0 spiro atoms. The molecule has 2 heterocycles. The molecule has 1 aromatic carbocycles. The predicted molar refractivity (Wildman–Crippen MR) is 224 cm³/mol. The zero-order chi connectivity index (χ0) is 44.2. The van der Waals surface area contributed by atoms with Gasteiger partial charge in [-0.15, -0.1) is 23.1 Å². The summed E-state index contributed by atoms with van der Waals surface area (Å²) in [6.45, 7) is 5.39. The van der Waals surface area contributed by atoms with Crippen LogP contribution in [0.3, 0.4) is 0 Å². The molecular weight excluding hydrogens is 827 g/mol. The first-order chi connectivity index (χ1) is 28.6.